The standard InChI is InChI=1S/C24H24N2O2/c27-23(17-9-3-1-4-10-17)15-21-22(16-24(28)18-11-5-2-6-12-18)26-20-14-8-7-13-19(20)25-21/h1-6,9-12,15-16,19-20,25-26H,7-8,13-14H2/b21-15-,22-16-. The number of hydrogen-bond acceptors (Lipinski definition) is 4. The molecule has 1 aliphatic heterocycles. The van der Waals surface area contributed by atoms with Crippen LogP contribution in [0.3, 0.4) is 0 Å². The third-order valence-corrected chi connectivity index (χ3v) is 5.41. The van der Waals surface area contributed by atoms with Gasteiger partial charge in [0.05, 0.1) is 11.4 Å². The second kappa shape index (κ2) is 8.26. The molecule has 2 aliphatic rings. The molecule has 28 heavy (non-hydrogen) atoms. The summed E-state index contributed by atoms with van der Waals surface area (Å²) in [6.45, 7) is 0. The Morgan fingerprint density at radius 3 is 1.46 bits per heavy atom. The number of fused-ring (bicyclic) bond motifs is 1. The number of hydrogen-bond donors (Lipinski definition) is 2. The number of benzene rings is 2. The van der Waals surface area contributed by atoms with E-state index < -0.39 is 0 Å². The first-order chi connectivity index (χ1) is 13.7. The number of carbonyl (C=O) groups excluding carboxylic acids is 2. The van der Waals surface area contributed by atoms with Gasteiger partial charge in [-0.15, -0.1) is 0 Å². The summed E-state index contributed by atoms with van der Waals surface area (Å²) in [7, 11) is 0. The van der Waals surface area contributed by atoms with E-state index in [9.17, 15) is 9.59 Å². The minimum absolute atomic E-state index is 0.0720. The molecule has 1 aliphatic carbocycles. The summed E-state index contributed by atoms with van der Waals surface area (Å²) in [6.07, 6.45) is 7.70. The maximum absolute atomic E-state index is 12.7. The normalized spacial score (nSPS) is 24.1. The van der Waals surface area contributed by atoms with Crippen LogP contribution in [0.4, 0.5) is 0 Å². The van der Waals surface area contributed by atoms with Crippen LogP contribution in [0, 0.1) is 0 Å². The van der Waals surface area contributed by atoms with E-state index in [0.717, 1.165) is 12.8 Å². The molecular formula is C24H24N2O2. The number of piperazine rings is 1. The molecule has 4 rings (SSSR count). The second-order valence-corrected chi connectivity index (χ2v) is 7.36. The van der Waals surface area contributed by atoms with Crippen molar-refractivity contribution in [3.63, 3.8) is 0 Å². The zero-order chi connectivity index (χ0) is 19.3. The lowest BCUT2D eigenvalue weighted by Crippen LogP contribution is -2.55. The van der Waals surface area contributed by atoms with Crippen LogP contribution < -0.4 is 10.6 Å². The molecule has 142 valence electrons. The molecule has 1 heterocycles. The predicted octanol–water partition coefficient (Wildman–Crippen LogP) is 4.02. The highest BCUT2D eigenvalue weighted by molar-refractivity contribution is 6.07. The summed E-state index contributed by atoms with van der Waals surface area (Å²) in [5.41, 5.74) is 2.66. The Bertz CT molecular complexity index is 839. The molecule has 0 aromatic heterocycles. The van der Waals surface area contributed by atoms with Crippen LogP contribution >= 0.6 is 0 Å². The fourth-order valence-corrected chi connectivity index (χ4v) is 3.90. The van der Waals surface area contributed by atoms with Crippen LogP contribution in [0.15, 0.2) is 84.2 Å². The maximum Gasteiger partial charge on any atom is 0.187 e. The summed E-state index contributed by atoms with van der Waals surface area (Å²) < 4.78 is 0. The highest BCUT2D eigenvalue weighted by atomic mass is 16.1. The summed E-state index contributed by atoms with van der Waals surface area (Å²) in [4.78, 5) is 25.4. The monoisotopic (exact) mass is 372 g/mol. The Kier molecular flexibility index (Phi) is 5.38. The van der Waals surface area contributed by atoms with Gasteiger partial charge in [0.15, 0.2) is 11.6 Å². The predicted molar refractivity (Wildman–Crippen MR) is 110 cm³/mol. The first-order valence-electron chi connectivity index (χ1n) is 9.86. The van der Waals surface area contributed by atoms with Crippen molar-refractivity contribution in [1.29, 1.82) is 0 Å². The van der Waals surface area contributed by atoms with Crippen LogP contribution in [0.5, 0.6) is 0 Å². The van der Waals surface area contributed by atoms with Gasteiger partial charge in [0.2, 0.25) is 0 Å². The topological polar surface area (TPSA) is 58.2 Å². The lowest BCUT2D eigenvalue weighted by molar-refractivity contribution is 0.103. The van der Waals surface area contributed by atoms with Gasteiger partial charge in [-0.1, -0.05) is 73.5 Å². The van der Waals surface area contributed by atoms with Gasteiger partial charge >= 0.3 is 0 Å². The molecule has 0 bridgehead atoms. The summed E-state index contributed by atoms with van der Waals surface area (Å²) in [6, 6.07) is 19.0. The molecule has 0 radical (unpaired) electrons. The number of nitrogens with one attached hydrogen (secondary N) is 2. The zero-order valence-corrected chi connectivity index (χ0v) is 15.7. The maximum atomic E-state index is 12.7. The summed E-state index contributed by atoms with van der Waals surface area (Å²) >= 11 is 0. The van der Waals surface area contributed by atoms with Crippen molar-refractivity contribution >= 4 is 11.6 Å². The molecule has 2 atom stereocenters. The van der Waals surface area contributed by atoms with Crippen molar-refractivity contribution in [3.05, 3.63) is 95.3 Å². The smallest absolute Gasteiger partial charge is 0.187 e. The lowest BCUT2D eigenvalue weighted by Gasteiger charge is -2.40. The van der Waals surface area contributed by atoms with Gasteiger partial charge in [-0.05, 0) is 12.8 Å². The summed E-state index contributed by atoms with van der Waals surface area (Å²) in [5.74, 6) is -0.144. The Morgan fingerprint density at radius 1 is 0.679 bits per heavy atom. The third-order valence-electron chi connectivity index (χ3n) is 5.41. The average Bonchev–Trinajstić information content (AvgIpc) is 2.75. The molecule has 2 N–H and O–H groups in total. The molecule has 4 nitrogen and oxygen atoms in total. The van der Waals surface area contributed by atoms with Crippen molar-refractivity contribution in [3.8, 4) is 0 Å². The molecule has 2 aromatic carbocycles. The molecule has 1 saturated carbocycles. The number of carbonyl (C=O) groups is 2. The van der Waals surface area contributed by atoms with Crippen molar-refractivity contribution in [2.75, 3.05) is 0 Å². The Morgan fingerprint density at radius 2 is 1.07 bits per heavy atom. The van der Waals surface area contributed by atoms with E-state index in [-0.39, 0.29) is 23.7 Å². The van der Waals surface area contributed by atoms with Crippen molar-refractivity contribution in [2.45, 2.75) is 37.8 Å². The number of allylic oxidation sites excluding steroid dienone is 2. The van der Waals surface area contributed by atoms with Crippen LogP contribution in [-0.2, 0) is 0 Å². The Hall–Kier alpha value is -3.14. The van der Waals surface area contributed by atoms with Crippen LogP contribution in [0.1, 0.15) is 46.4 Å². The SMILES string of the molecule is O=C(/C=C1\NC2CCCCC2N\C1=C/C(=O)c1ccccc1)c1ccccc1. The number of rotatable bonds is 4. The van der Waals surface area contributed by atoms with E-state index in [1.807, 2.05) is 36.4 Å². The number of ketones is 2. The molecule has 2 fully saturated rings. The highest BCUT2D eigenvalue weighted by Crippen LogP contribution is 2.26. The van der Waals surface area contributed by atoms with E-state index in [2.05, 4.69) is 10.6 Å². The minimum Gasteiger partial charge on any atom is -0.378 e. The third kappa shape index (κ3) is 4.06. The van der Waals surface area contributed by atoms with Crippen LogP contribution in [0.2, 0.25) is 0 Å². The molecule has 4 heteroatoms. The van der Waals surface area contributed by atoms with Gasteiger partial charge in [0.1, 0.15) is 0 Å². The van der Waals surface area contributed by atoms with E-state index in [1.165, 1.54) is 12.8 Å². The van der Waals surface area contributed by atoms with Gasteiger partial charge in [0.25, 0.3) is 0 Å². The fourth-order valence-electron chi connectivity index (χ4n) is 3.90. The van der Waals surface area contributed by atoms with Gasteiger partial charge in [0, 0.05) is 35.4 Å². The first-order valence-corrected chi connectivity index (χ1v) is 9.86. The Labute approximate surface area is 165 Å². The van der Waals surface area contributed by atoms with E-state index in [1.54, 1.807) is 36.4 Å². The zero-order valence-electron chi connectivity index (χ0n) is 15.7. The fraction of sp³-hybridized carbons (Fsp3) is 0.250. The van der Waals surface area contributed by atoms with E-state index >= 15 is 0 Å². The van der Waals surface area contributed by atoms with Crippen LogP contribution in [-0.4, -0.2) is 23.7 Å². The molecular weight excluding hydrogens is 348 g/mol. The minimum atomic E-state index is -0.0720. The van der Waals surface area contributed by atoms with Crippen molar-refractivity contribution < 1.29 is 9.59 Å². The van der Waals surface area contributed by atoms with Crippen LogP contribution in [0.25, 0.3) is 0 Å². The van der Waals surface area contributed by atoms with Gasteiger partial charge in [-0.2, -0.15) is 0 Å². The van der Waals surface area contributed by atoms with Crippen molar-refractivity contribution in [2.24, 2.45) is 0 Å². The molecule has 2 aromatic rings. The molecule has 0 spiro atoms. The highest BCUT2D eigenvalue weighted by Gasteiger charge is 2.31. The second-order valence-electron chi connectivity index (χ2n) is 7.36. The van der Waals surface area contributed by atoms with Gasteiger partial charge in [-0.25, -0.2) is 0 Å². The van der Waals surface area contributed by atoms with Gasteiger partial charge < -0.3 is 10.6 Å². The van der Waals surface area contributed by atoms with E-state index in [4.69, 9.17) is 0 Å². The molecule has 1 saturated heterocycles. The molecule has 2 unspecified atom stereocenters. The van der Waals surface area contributed by atoms with E-state index in [0.29, 0.717) is 22.5 Å². The molecule has 0 amide bonds. The average molecular weight is 372 g/mol. The quantitative estimate of drug-likeness (QED) is 0.629. The van der Waals surface area contributed by atoms with Gasteiger partial charge in [-0.3, -0.25) is 9.59 Å². The van der Waals surface area contributed by atoms with Crippen molar-refractivity contribution in [1.82, 2.24) is 10.6 Å². The Balaban J connectivity index is 1.65. The lowest BCUT2D eigenvalue weighted by atomic mass is 9.87. The largest absolute Gasteiger partial charge is 0.378 e. The summed E-state index contributed by atoms with van der Waals surface area (Å²) in [5, 5.41) is 7.04. The first kappa shape index (κ1) is 18.2.